The highest BCUT2D eigenvalue weighted by molar-refractivity contribution is 9.10. The summed E-state index contributed by atoms with van der Waals surface area (Å²) >= 11 is 3.48. The molecule has 0 bridgehead atoms. The molecule has 3 nitrogen and oxygen atoms in total. The summed E-state index contributed by atoms with van der Waals surface area (Å²) in [6.45, 7) is 1.92. The van der Waals surface area contributed by atoms with Gasteiger partial charge in [0.25, 0.3) is 0 Å². The maximum atomic E-state index is 5.83. The van der Waals surface area contributed by atoms with Crippen LogP contribution in [0.4, 0.5) is 5.82 Å². The smallest absolute Gasteiger partial charge is 0.142 e. The zero-order valence-corrected chi connectivity index (χ0v) is 8.87. The van der Waals surface area contributed by atoms with Crippen LogP contribution in [0.3, 0.4) is 0 Å². The first-order chi connectivity index (χ1) is 6.27. The Morgan fingerprint density at radius 1 is 1.62 bits per heavy atom. The third kappa shape index (κ3) is 1.84. The van der Waals surface area contributed by atoms with E-state index in [1.54, 1.807) is 0 Å². The van der Waals surface area contributed by atoms with E-state index < -0.39 is 0 Å². The molecule has 2 N–H and O–H groups in total. The van der Waals surface area contributed by atoms with Gasteiger partial charge in [0.2, 0.25) is 0 Å². The molecule has 0 saturated carbocycles. The lowest BCUT2D eigenvalue weighted by Gasteiger charge is -2.17. The number of anilines is 1. The third-order valence-corrected chi connectivity index (χ3v) is 2.88. The number of aromatic nitrogens is 1. The normalized spacial score (nSPS) is 22.3. The van der Waals surface area contributed by atoms with Crippen molar-refractivity contribution in [3.8, 4) is 0 Å². The van der Waals surface area contributed by atoms with Gasteiger partial charge in [-0.1, -0.05) is 0 Å². The van der Waals surface area contributed by atoms with E-state index in [1.807, 2.05) is 18.3 Å². The average Bonchev–Trinajstić information content (AvgIpc) is 2.53. The zero-order valence-electron chi connectivity index (χ0n) is 7.28. The van der Waals surface area contributed by atoms with E-state index in [4.69, 9.17) is 5.73 Å². The van der Waals surface area contributed by atoms with E-state index in [1.165, 1.54) is 0 Å². The fourth-order valence-corrected chi connectivity index (χ4v) is 2.10. The maximum Gasteiger partial charge on any atom is 0.142 e. The first kappa shape index (κ1) is 8.97. The molecule has 0 spiro atoms. The van der Waals surface area contributed by atoms with E-state index >= 15 is 0 Å². The summed E-state index contributed by atoms with van der Waals surface area (Å²) in [5.74, 6) is 1.01. The number of hydrogen-bond donors (Lipinski definition) is 1. The number of nitrogens with zero attached hydrogens (tertiary/aromatic N) is 2. The van der Waals surface area contributed by atoms with Gasteiger partial charge in [-0.25, -0.2) is 4.98 Å². The lowest BCUT2D eigenvalue weighted by Crippen LogP contribution is -2.27. The molecule has 0 radical (unpaired) electrons. The topological polar surface area (TPSA) is 42.1 Å². The van der Waals surface area contributed by atoms with E-state index in [9.17, 15) is 0 Å². The minimum atomic E-state index is 0.300. The van der Waals surface area contributed by atoms with Gasteiger partial charge < -0.3 is 10.6 Å². The molecular formula is C9H12BrN3. The molecule has 1 aromatic heterocycles. The molecule has 1 saturated heterocycles. The first-order valence-electron chi connectivity index (χ1n) is 4.38. The summed E-state index contributed by atoms with van der Waals surface area (Å²) in [4.78, 5) is 6.54. The fraction of sp³-hybridized carbons (Fsp3) is 0.444. The second-order valence-electron chi connectivity index (χ2n) is 3.30. The minimum Gasteiger partial charge on any atom is -0.354 e. The molecular weight excluding hydrogens is 230 g/mol. The van der Waals surface area contributed by atoms with Crippen LogP contribution in [0.25, 0.3) is 0 Å². The number of nitrogens with two attached hydrogens (primary N) is 1. The summed E-state index contributed by atoms with van der Waals surface area (Å²) in [7, 11) is 0. The van der Waals surface area contributed by atoms with Gasteiger partial charge in [-0.15, -0.1) is 0 Å². The van der Waals surface area contributed by atoms with Gasteiger partial charge in [0, 0.05) is 25.3 Å². The van der Waals surface area contributed by atoms with E-state index in [-0.39, 0.29) is 0 Å². The average molecular weight is 242 g/mol. The van der Waals surface area contributed by atoms with Crippen molar-refractivity contribution in [2.75, 3.05) is 18.0 Å². The number of rotatable bonds is 1. The van der Waals surface area contributed by atoms with E-state index in [0.29, 0.717) is 6.04 Å². The quantitative estimate of drug-likeness (QED) is 0.808. The van der Waals surface area contributed by atoms with Crippen LogP contribution in [-0.2, 0) is 0 Å². The van der Waals surface area contributed by atoms with Crippen LogP contribution >= 0.6 is 15.9 Å². The molecule has 1 atom stereocenters. The molecule has 13 heavy (non-hydrogen) atoms. The van der Waals surface area contributed by atoms with Crippen molar-refractivity contribution < 1.29 is 0 Å². The molecule has 2 heterocycles. The summed E-state index contributed by atoms with van der Waals surface area (Å²) < 4.78 is 1.05. The van der Waals surface area contributed by atoms with Crippen LogP contribution in [0.2, 0.25) is 0 Å². The highest BCUT2D eigenvalue weighted by Crippen LogP contribution is 2.25. The monoisotopic (exact) mass is 241 g/mol. The van der Waals surface area contributed by atoms with Crippen LogP contribution in [0.1, 0.15) is 6.42 Å². The number of hydrogen-bond acceptors (Lipinski definition) is 3. The predicted octanol–water partition coefficient (Wildman–Crippen LogP) is 1.38. The summed E-state index contributed by atoms with van der Waals surface area (Å²) in [6.07, 6.45) is 2.87. The van der Waals surface area contributed by atoms with Crippen LogP contribution in [-0.4, -0.2) is 24.1 Å². The molecule has 0 amide bonds. The van der Waals surface area contributed by atoms with Gasteiger partial charge >= 0.3 is 0 Å². The van der Waals surface area contributed by atoms with Gasteiger partial charge in [0.1, 0.15) is 5.82 Å². The van der Waals surface area contributed by atoms with Gasteiger partial charge in [-0.3, -0.25) is 0 Å². The standard InChI is InChI=1S/C9H12BrN3/c10-8-2-1-4-12-9(8)13-5-3-7(11)6-13/h1-2,4,7H,3,5-6,11H2. The Morgan fingerprint density at radius 3 is 3.08 bits per heavy atom. The summed E-state index contributed by atoms with van der Waals surface area (Å²) in [6, 6.07) is 4.23. The maximum absolute atomic E-state index is 5.83. The van der Waals surface area contributed by atoms with Crippen LogP contribution in [0.15, 0.2) is 22.8 Å². The van der Waals surface area contributed by atoms with Crippen LogP contribution in [0, 0.1) is 0 Å². The van der Waals surface area contributed by atoms with Gasteiger partial charge in [0.15, 0.2) is 0 Å². The van der Waals surface area contributed by atoms with Crippen molar-refractivity contribution in [3.05, 3.63) is 22.8 Å². The zero-order chi connectivity index (χ0) is 9.26. The molecule has 1 aliphatic heterocycles. The number of pyridine rings is 1. The Bertz CT molecular complexity index is 303. The lowest BCUT2D eigenvalue weighted by molar-refractivity contribution is 0.751. The van der Waals surface area contributed by atoms with E-state index in [2.05, 4.69) is 25.8 Å². The van der Waals surface area contributed by atoms with Crippen molar-refractivity contribution in [2.24, 2.45) is 5.73 Å². The Hall–Kier alpha value is -0.610. The Balaban J connectivity index is 2.21. The highest BCUT2D eigenvalue weighted by atomic mass is 79.9. The summed E-state index contributed by atoms with van der Waals surface area (Å²) in [5, 5.41) is 0. The lowest BCUT2D eigenvalue weighted by atomic mass is 10.3. The van der Waals surface area contributed by atoms with Crippen molar-refractivity contribution in [1.29, 1.82) is 0 Å². The van der Waals surface area contributed by atoms with Crippen molar-refractivity contribution in [1.82, 2.24) is 4.98 Å². The predicted molar refractivity (Wildman–Crippen MR) is 56.7 cm³/mol. The Kier molecular flexibility index (Phi) is 2.51. The molecule has 1 unspecified atom stereocenters. The number of halogens is 1. The fourth-order valence-electron chi connectivity index (χ4n) is 1.59. The molecule has 1 aromatic rings. The summed E-state index contributed by atoms with van der Waals surface area (Å²) in [5.41, 5.74) is 5.83. The molecule has 0 aromatic carbocycles. The van der Waals surface area contributed by atoms with Crippen molar-refractivity contribution in [2.45, 2.75) is 12.5 Å². The van der Waals surface area contributed by atoms with E-state index in [0.717, 1.165) is 29.8 Å². The van der Waals surface area contributed by atoms with Crippen molar-refractivity contribution >= 4 is 21.7 Å². The third-order valence-electron chi connectivity index (χ3n) is 2.26. The SMILES string of the molecule is NC1CCN(c2ncccc2Br)C1. The first-order valence-corrected chi connectivity index (χ1v) is 5.18. The highest BCUT2D eigenvalue weighted by Gasteiger charge is 2.21. The molecule has 1 fully saturated rings. The minimum absolute atomic E-state index is 0.300. The van der Waals surface area contributed by atoms with Crippen LogP contribution in [0.5, 0.6) is 0 Å². The molecule has 70 valence electrons. The molecule has 2 rings (SSSR count). The van der Waals surface area contributed by atoms with Crippen LogP contribution < -0.4 is 10.6 Å². The second kappa shape index (κ2) is 3.64. The largest absolute Gasteiger partial charge is 0.354 e. The Morgan fingerprint density at radius 2 is 2.46 bits per heavy atom. The van der Waals surface area contributed by atoms with Gasteiger partial charge in [-0.2, -0.15) is 0 Å². The molecule has 1 aliphatic rings. The molecule has 0 aliphatic carbocycles. The van der Waals surface area contributed by atoms with Gasteiger partial charge in [-0.05, 0) is 34.5 Å². The van der Waals surface area contributed by atoms with Gasteiger partial charge in [0.05, 0.1) is 4.47 Å². The van der Waals surface area contributed by atoms with Crippen molar-refractivity contribution in [3.63, 3.8) is 0 Å². The second-order valence-corrected chi connectivity index (χ2v) is 4.16. The molecule has 4 heteroatoms. The Labute approximate surface area is 86.1 Å².